The third-order valence-electron chi connectivity index (χ3n) is 4.91. The first-order chi connectivity index (χ1) is 13.0. The van der Waals surface area contributed by atoms with Gasteiger partial charge in [0.05, 0.1) is 19.1 Å². The molecular weight excluding hydrogens is 340 g/mol. The van der Waals surface area contributed by atoms with Crippen LogP contribution >= 0.6 is 0 Å². The predicted octanol–water partition coefficient (Wildman–Crippen LogP) is 1.35. The van der Waals surface area contributed by atoms with E-state index in [1.54, 1.807) is 6.08 Å². The summed E-state index contributed by atoms with van der Waals surface area (Å²) < 4.78 is 0. The van der Waals surface area contributed by atoms with Crippen molar-refractivity contribution in [2.24, 2.45) is 0 Å². The maximum absolute atomic E-state index is 12.4. The molecule has 27 heavy (non-hydrogen) atoms. The number of hydrogen-bond donors (Lipinski definition) is 2. The predicted molar refractivity (Wildman–Crippen MR) is 108 cm³/mol. The van der Waals surface area contributed by atoms with E-state index in [4.69, 9.17) is 0 Å². The number of aryl methyl sites for hydroxylation is 1. The van der Waals surface area contributed by atoms with Crippen LogP contribution in [0.3, 0.4) is 0 Å². The Kier molecular flexibility index (Phi) is 8.48. The van der Waals surface area contributed by atoms with Gasteiger partial charge < -0.3 is 10.6 Å². The van der Waals surface area contributed by atoms with Crippen LogP contribution in [0.4, 0.5) is 0 Å². The van der Waals surface area contributed by atoms with Crippen molar-refractivity contribution in [2.45, 2.75) is 26.3 Å². The molecule has 0 aliphatic carbocycles. The van der Waals surface area contributed by atoms with Crippen molar-refractivity contribution in [1.29, 1.82) is 0 Å². The SMILES string of the molecule is C=CCNC(=O)CN1CCN(CC(=O)NC(C)c2ccc(CC)cc2)CC1. The Balaban J connectivity index is 1.70. The molecule has 0 radical (unpaired) electrons. The summed E-state index contributed by atoms with van der Waals surface area (Å²) in [6.07, 6.45) is 2.69. The normalized spacial score (nSPS) is 16.5. The zero-order chi connectivity index (χ0) is 19.6. The lowest BCUT2D eigenvalue weighted by Gasteiger charge is -2.34. The summed E-state index contributed by atoms with van der Waals surface area (Å²) in [5.41, 5.74) is 2.42. The van der Waals surface area contributed by atoms with Gasteiger partial charge in [0, 0.05) is 32.7 Å². The summed E-state index contributed by atoms with van der Waals surface area (Å²) in [6.45, 7) is 12.2. The molecule has 1 unspecified atom stereocenters. The maximum Gasteiger partial charge on any atom is 0.234 e. The van der Waals surface area contributed by atoms with E-state index in [0.29, 0.717) is 19.6 Å². The number of benzene rings is 1. The van der Waals surface area contributed by atoms with Gasteiger partial charge in [0.1, 0.15) is 0 Å². The minimum Gasteiger partial charge on any atom is -0.352 e. The fourth-order valence-electron chi connectivity index (χ4n) is 3.17. The van der Waals surface area contributed by atoms with Gasteiger partial charge in [-0.3, -0.25) is 19.4 Å². The van der Waals surface area contributed by atoms with Gasteiger partial charge in [-0.05, 0) is 24.5 Å². The van der Waals surface area contributed by atoms with E-state index in [-0.39, 0.29) is 17.9 Å². The maximum atomic E-state index is 12.4. The first-order valence-corrected chi connectivity index (χ1v) is 9.72. The molecule has 6 heteroatoms. The van der Waals surface area contributed by atoms with E-state index in [1.807, 2.05) is 6.92 Å². The third-order valence-corrected chi connectivity index (χ3v) is 4.91. The molecule has 0 spiro atoms. The zero-order valence-corrected chi connectivity index (χ0v) is 16.5. The highest BCUT2D eigenvalue weighted by atomic mass is 16.2. The molecule has 0 saturated carbocycles. The smallest absolute Gasteiger partial charge is 0.234 e. The van der Waals surface area contributed by atoms with Crippen LogP contribution in [0.2, 0.25) is 0 Å². The number of nitrogens with one attached hydrogen (secondary N) is 2. The molecule has 2 N–H and O–H groups in total. The fourth-order valence-corrected chi connectivity index (χ4v) is 3.17. The lowest BCUT2D eigenvalue weighted by Crippen LogP contribution is -2.51. The van der Waals surface area contributed by atoms with E-state index in [2.05, 4.69) is 58.2 Å². The minimum atomic E-state index is -0.00162. The van der Waals surface area contributed by atoms with Crippen LogP contribution in [-0.2, 0) is 16.0 Å². The number of rotatable bonds is 9. The molecule has 1 heterocycles. The highest BCUT2D eigenvalue weighted by Crippen LogP contribution is 2.13. The number of hydrogen-bond acceptors (Lipinski definition) is 4. The van der Waals surface area contributed by atoms with Crippen molar-refractivity contribution in [2.75, 3.05) is 45.8 Å². The van der Waals surface area contributed by atoms with Crippen LogP contribution in [0, 0.1) is 0 Å². The van der Waals surface area contributed by atoms with Gasteiger partial charge in [-0.25, -0.2) is 0 Å². The Hall–Kier alpha value is -2.18. The summed E-state index contributed by atoms with van der Waals surface area (Å²) in [5.74, 6) is 0.0586. The second kappa shape index (κ2) is 10.8. The molecule has 0 aromatic heterocycles. The Morgan fingerprint density at radius 2 is 1.63 bits per heavy atom. The molecule has 1 saturated heterocycles. The van der Waals surface area contributed by atoms with E-state index < -0.39 is 0 Å². The minimum absolute atomic E-state index is 0.00162. The van der Waals surface area contributed by atoms with Crippen LogP contribution in [0.5, 0.6) is 0 Å². The van der Waals surface area contributed by atoms with E-state index in [9.17, 15) is 9.59 Å². The molecule has 2 amide bonds. The third kappa shape index (κ3) is 7.15. The van der Waals surface area contributed by atoms with E-state index in [0.717, 1.165) is 38.2 Å². The molecule has 1 atom stereocenters. The summed E-state index contributed by atoms with van der Waals surface area (Å²) in [5, 5.41) is 5.87. The fraction of sp³-hybridized carbons (Fsp3) is 0.524. The van der Waals surface area contributed by atoms with Gasteiger partial charge in [-0.2, -0.15) is 0 Å². The number of amides is 2. The van der Waals surface area contributed by atoms with Gasteiger partial charge >= 0.3 is 0 Å². The Labute approximate surface area is 162 Å². The average molecular weight is 373 g/mol. The molecule has 1 aliphatic heterocycles. The number of carbonyl (C=O) groups is 2. The zero-order valence-electron chi connectivity index (χ0n) is 16.5. The molecule has 1 aromatic carbocycles. The molecule has 6 nitrogen and oxygen atoms in total. The van der Waals surface area contributed by atoms with Crippen molar-refractivity contribution in [3.63, 3.8) is 0 Å². The van der Waals surface area contributed by atoms with Crippen LogP contribution in [0.1, 0.15) is 31.0 Å². The summed E-state index contributed by atoms with van der Waals surface area (Å²) >= 11 is 0. The summed E-state index contributed by atoms with van der Waals surface area (Å²) in [4.78, 5) is 28.4. The van der Waals surface area contributed by atoms with Crippen molar-refractivity contribution in [3.05, 3.63) is 48.0 Å². The van der Waals surface area contributed by atoms with Crippen molar-refractivity contribution >= 4 is 11.8 Å². The number of nitrogens with zero attached hydrogens (tertiary/aromatic N) is 2. The molecular formula is C21H32N4O2. The standard InChI is InChI=1S/C21H32N4O2/c1-4-10-22-20(26)15-24-11-13-25(14-12-24)16-21(27)23-17(3)19-8-6-18(5-2)7-9-19/h4,6-9,17H,1,5,10-16H2,2-3H3,(H,22,26)(H,23,27). The van der Waals surface area contributed by atoms with Crippen molar-refractivity contribution < 1.29 is 9.59 Å². The highest BCUT2D eigenvalue weighted by Gasteiger charge is 2.21. The Bertz CT molecular complexity index is 622. The first kappa shape index (κ1) is 21.1. The van der Waals surface area contributed by atoms with Gasteiger partial charge in [0.25, 0.3) is 0 Å². The monoisotopic (exact) mass is 372 g/mol. The lowest BCUT2D eigenvalue weighted by atomic mass is 10.1. The van der Waals surface area contributed by atoms with Crippen LogP contribution < -0.4 is 10.6 Å². The summed E-state index contributed by atoms with van der Waals surface area (Å²) in [6, 6.07) is 8.39. The van der Waals surface area contributed by atoms with Gasteiger partial charge in [0.15, 0.2) is 0 Å². The number of carbonyl (C=O) groups excluding carboxylic acids is 2. The Morgan fingerprint density at radius 3 is 2.15 bits per heavy atom. The number of piperazine rings is 1. The van der Waals surface area contributed by atoms with E-state index in [1.165, 1.54) is 5.56 Å². The summed E-state index contributed by atoms with van der Waals surface area (Å²) in [7, 11) is 0. The quantitative estimate of drug-likeness (QED) is 0.642. The molecule has 1 fully saturated rings. The lowest BCUT2D eigenvalue weighted by molar-refractivity contribution is -0.125. The van der Waals surface area contributed by atoms with Crippen LogP contribution in [0.25, 0.3) is 0 Å². The van der Waals surface area contributed by atoms with Crippen LogP contribution in [0.15, 0.2) is 36.9 Å². The largest absolute Gasteiger partial charge is 0.352 e. The highest BCUT2D eigenvalue weighted by molar-refractivity contribution is 5.79. The van der Waals surface area contributed by atoms with Crippen molar-refractivity contribution in [1.82, 2.24) is 20.4 Å². The first-order valence-electron chi connectivity index (χ1n) is 9.72. The van der Waals surface area contributed by atoms with Crippen molar-refractivity contribution in [3.8, 4) is 0 Å². The second-order valence-electron chi connectivity index (χ2n) is 7.03. The van der Waals surface area contributed by atoms with Gasteiger partial charge in [-0.1, -0.05) is 37.3 Å². The topological polar surface area (TPSA) is 64.7 Å². The molecule has 2 rings (SSSR count). The van der Waals surface area contributed by atoms with E-state index >= 15 is 0 Å². The van der Waals surface area contributed by atoms with Gasteiger partial charge in [0.2, 0.25) is 11.8 Å². The van der Waals surface area contributed by atoms with Crippen LogP contribution in [-0.4, -0.2) is 67.4 Å². The van der Waals surface area contributed by atoms with Gasteiger partial charge in [-0.15, -0.1) is 6.58 Å². The average Bonchev–Trinajstić information content (AvgIpc) is 2.67. The molecule has 148 valence electrons. The molecule has 1 aliphatic rings. The Morgan fingerprint density at radius 1 is 1.07 bits per heavy atom. The second-order valence-corrected chi connectivity index (χ2v) is 7.03. The molecule has 0 bridgehead atoms. The molecule has 1 aromatic rings.